The molecule has 2 radical (unpaired) electrons. The minimum atomic E-state index is 0.931. The van der Waals surface area contributed by atoms with Gasteiger partial charge in [-0.1, -0.05) is 0 Å². The van der Waals surface area contributed by atoms with Gasteiger partial charge in [-0.2, -0.15) is 5.10 Å². The van der Waals surface area contributed by atoms with Crippen LogP contribution in [0.2, 0.25) is 0 Å². The van der Waals surface area contributed by atoms with Crippen molar-refractivity contribution in [2.75, 3.05) is 0 Å². The average molecular weight is 244 g/mol. The third-order valence-electron chi connectivity index (χ3n) is 2.81. The topological polar surface area (TPSA) is 28.7 Å². The van der Waals surface area contributed by atoms with Crippen LogP contribution in [0.15, 0.2) is 12.3 Å². The number of nitrogens with zero attached hydrogens (tertiary/aromatic N) is 1. The van der Waals surface area contributed by atoms with Gasteiger partial charge in [0, 0.05) is 11.6 Å². The lowest BCUT2D eigenvalue weighted by atomic mass is 10.00. The Morgan fingerprint density at radius 2 is 2.06 bits per heavy atom. The van der Waals surface area contributed by atoms with Crippen LogP contribution in [0.1, 0.15) is 11.1 Å². The average Bonchev–Trinajstić information content (AvgIpc) is 2.90. The number of fused-ring (bicyclic) bond motifs is 1. The number of hydrogen-bond acceptors (Lipinski definition) is 3. The number of thiophene rings is 2. The SMILES string of the molecule is [B]c1sc2sc(-c3ccn[nH]3)c(C)c2c1C. The number of H-pyrrole nitrogens is 1. The highest BCUT2D eigenvalue weighted by atomic mass is 32.2. The lowest BCUT2D eigenvalue weighted by Crippen LogP contribution is -1.97. The van der Waals surface area contributed by atoms with Crippen LogP contribution in [-0.4, -0.2) is 18.0 Å². The van der Waals surface area contributed by atoms with Crippen LogP contribution in [0.4, 0.5) is 0 Å². The quantitative estimate of drug-likeness (QED) is 0.655. The van der Waals surface area contributed by atoms with E-state index >= 15 is 0 Å². The predicted octanol–water partition coefficient (Wildman–Crippen LogP) is 2.76. The molecule has 0 aliphatic heterocycles. The van der Waals surface area contributed by atoms with Crippen LogP contribution in [-0.2, 0) is 0 Å². The molecular weight excluding hydrogens is 235 g/mol. The zero-order chi connectivity index (χ0) is 11.3. The molecular formula is C11H9BN2S2. The minimum Gasteiger partial charge on any atom is -0.277 e. The maximum Gasteiger partial charge on any atom is 0.129 e. The molecule has 3 aromatic heterocycles. The minimum absolute atomic E-state index is 0.931. The summed E-state index contributed by atoms with van der Waals surface area (Å²) in [6.07, 6.45) is 1.78. The van der Waals surface area contributed by atoms with Gasteiger partial charge in [0.2, 0.25) is 0 Å². The summed E-state index contributed by atoms with van der Waals surface area (Å²) in [5.41, 5.74) is 3.60. The van der Waals surface area contributed by atoms with Crippen molar-refractivity contribution < 1.29 is 0 Å². The van der Waals surface area contributed by atoms with E-state index in [1.54, 1.807) is 28.9 Å². The molecule has 5 heteroatoms. The van der Waals surface area contributed by atoms with Crippen molar-refractivity contribution in [3.8, 4) is 10.6 Å². The van der Waals surface area contributed by atoms with Crippen molar-refractivity contribution in [2.24, 2.45) is 0 Å². The van der Waals surface area contributed by atoms with Gasteiger partial charge >= 0.3 is 0 Å². The van der Waals surface area contributed by atoms with Gasteiger partial charge in [-0.15, -0.1) is 22.7 Å². The van der Waals surface area contributed by atoms with E-state index in [0.29, 0.717) is 0 Å². The van der Waals surface area contributed by atoms with Crippen LogP contribution in [0, 0.1) is 13.8 Å². The van der Waals surface area contributed by atoms with Crippen molar-refractivity contribution >= 4 is 44.7 Å². The molecule has 0 fully saturated rings. The number of aromatic nitrogens is 2. The molecule has 16 heavy (non-hydrogen) atoms. The van der Waals surface area contributed by atoms with Gasteiger partial charge in [0.1, 0.15) is 7.85 Å². The molecule has 0 aliphatic rings. The first-order chi connectivity index (χ1) is 7.68. The van der Waals surface area contributed by atoms with E-state index in [4.69, 9.17) is 7.85 Å². The Bertz CT molecular complexity index is 649. The van der Waals surface area contributed by atoms with Crippen LogP contribution in [0.25, 0.3) is 20.0 Å². The Morgan fingerprint density at radius 3 is 2.69 bits per heavy atom. The first kappa shape index (κ1) is 10.1. The van der Waals surface area contributed by atoms with E-state index < -0.39 is 0 Å². The molecule has 0 spiro atoms. The molecule has 3 aromatic rings. The Balaban J connectivity index is 2.33. The van der Waals surface area contributed by atoms with Crippen LogP contribution in [0.5, 0.6) is 0 Å². The summed E-state index contributed by atoms with van der Waals surface area (Å²) in [7, 11) is 5.94. The number of hydrogen-bond donors (Lipinski definition) is 1. The lowest BCUT2D eigenvalue weighted by Gasteiger charge is -1.96. The number of aromatic amines is 1. The third-order valence-corrected chi connectivity index (χ3v) is 5.34. The molecule has 0 unspecified atom stereocenters. The number of rotatable bonds is 1. The summed E-state index contributed by atoms with van der Waals surface area (Å²) in [6, 6.07) is 2.00. The van der Waals surface area contributed by atoms with Crippen molar-refractivity contribution in [1.29, 1.82) is 0 Å². The Morgan fingerprint density at radius 1 is 1.25 bits per heavy atom. The van der Waals surface area contributed by atoms with Crippen LogP contribution in [0.3, 0.4) is 0 Å². The summed E-state index contributed by atoms with van der Waals surface area (Å²) >= 11 is 3.46. The standard InChI is InChI=1S/C11H9BN2S2/c1-5-8-6(2)10(12)16-11(8)15-9(5)7-3-4-13-14-7/h3-4H,1-2H3,(H,13,14). The fourth-order valence-corrected chi connectivity index (χ4v) is 4.55. The van der Waals surface area contributed by atoms with Gasteiger partial charge in [0.25, 0.3) is 0 Å². The lowest BCUT2D eigenvalue weighted by molar-refractivity contribution is 1.10. The maximum absolute atomic E-state index is 5.94. The van der Waals surface area contributed by atoms with Gasteiger partial charge < -0.3 is 0 Å². The number of aryl methyl sites for hydroxylation is 2. The van der Waals surface area contributed by atoms with E-state index in [1.807, 2.05) is 6.07 Å². The smallest absolute Gasteiger partial charge is 0.129 e. The van der Waals surface area contributed by atoms with Crippen LogP contribution >= 0.6 is 22.7 Å². The highest BCUT2D eigenvalue weighted by Crippen LogP contribution is 2.40. The summed E-state index contributed by atoms with van der Waals surface area (Å²) < 4.78 is 2.23. The molecule has 1 N–H and O–H groups in total. The summed E-state index contributed by atoms with van der Waals surface area (Å²) in [4.78, 5) is 1.27. The second-order valence-electron chi connectivity index (χ2n) is 3.78. The number of nitrogens with one attached hydrogen (secondary N) is 1. The second-order valence-corrected chi connectivity index (χ2v) is 6.11. The maximum atomic E-state index is 5.94. The van der Waals surface area contributed by atoms with E-state index in [2.05, 4.69) is 24.0 Å². The van der Waals surface area contributed by atoms with E-state index in [0.717, 1.165) is 10.5 Å². The fraction of sp³-hybridized carbons (Fsp3) is 0.182. The van der Waals surface area contributed by atoms with Crippen molar-refractivity contribution in [3.63, 3.8) is 0 Å². The summed E-state index contributed by atoms with van der Waals surface area (Å²) in [6.45, 7) is 4.23. The van der Waals surface area contributed by atoms with Gasteiger partial charge in [0.05, 0.1) is 14.6 Å². The zero-order valence-electron chi connectivity index (χ0n) is 9.00. The highest BCUT2D eigenvalue weighted by molar-refractivity contribution is 7.43. The first-order valence-electron chi connectivity index (χ1n) is 4.96. The van der Waals surface area contributed by atoms with Gasteiger partial charge in [-0.25, -0.2) is 0 Å². The molecule has 78 valence electrons. The van der Waals surface area contributed by atoms with Gasteiger partial charge in [-0.05, 0) is 35.8 Å². The third kappa shape index (κ3) is 1.28. The summed E-state index contributed by atoms with van der Waals surface area (Å²) in [5.74, 6) is 0. The molecule has 0 aromatic carbocycles. The molecule has 0 bridgehead atoms. The van der Waals surface area contributed by atoms with E-state index in [9.17, 15) is 0 Å². The largest absolute Gasteiger partial charge is 0.277 e. The van der Waals surface area contributed by atoms with Crippen LogP contribution < -0.4 is 4.78 Å². The van der Waals surface area contributed by atoms with E-state index in [-0.39, 0.29) is 0 Å². The normalized spacial score (nSPS) is 11.4. The second kappa shape index (κ2) is 3.47. The molecule has 0 atom stereocenters. The molecule has 0 aliphatic carbocycles. The Hall–Kier alpha value is -1.07. The predicted molar refractivity (Wildman–Crippen MR) is 72.1 cm³/mol. The Labute approximate surface area is 103 Å². The first-order valence-corrected chi connectivity index (χ1v) is 6.59. The molecule has 2 nitrogen and oxygen atoms in total. The van der Waals surface area contributed by atoms with E-state index in [1.165, 1.54) is 25.4 Å². The fourth-order valence-electron chi connectivity index (χ4n) is 1.93. The highest BCUT2D eigenvalue weighted by Gasteiger charge is 2.15. The van der Waals surface area contributed by atoms with Crippen molar-refractivity contribution in [2.45, 2.75) is 13.8 Å². The zero-order valence-corrected chi connectivity index (χ0v) is 10.6. The van der Waals surface area contributed by atoms with Crippen molar-refractivity contribution in [3.05, 3.63) is 23.4 Å². The molecule has 0 saturated carbocycles. The monoisotopic (exact) mass is 244 g/mol. The summed E-state index contributed by atoms with van der Waals surface area (Å²) in [5, 5.41) is 8.32. The van der Waals surface area contributed by atoms with Gasteiger partial charge in [-0.3, -0.25) is 5.10 Å². The molecule has 3 heterocycles. The molecule has 0 amide bonds. The van der Waals surface area contributed by atoms with Gasteiger partial charge in [0.15, 0.2) is 0 Å². The molecule has 0 saturated heterocycles. The Kier molecular flexibility index (Phi) is 2.19. The van der Waals surface area contributed by atoms with Crippen molar-refractivity contribution in [1.82, 2.24) is 10.2 Å². The molecule has 3 rings (SSSR count).